The van der Waals surface area contributed by atoms with Gasteiger partial charge >= 0.3 is 0 Å². The third-order valence-corrected chi connectivity index (χ3v) is 2.23. The number of pyridine rings is 1. The van der Waals surface area contributed by atoms with Gasteiger partial charge in [0.05, 0.1) is 0 Å². The molecule has 3 heteroatoms. The van der Waals surface area contributed by atoms with Crippen LogP contribution < -0.4 is 10.6 Å². The van der Waals surface area contributed by atoms with Crippen molar-refractivity contribution in [2.24, 2.45) is 5.92 Å². The standard InChI is InChI=1S/C13H23N3/c1-10(2)8-16-13-7-12(5-6-14-13)9-15-11(3)4/h5-7,10-11,15H,8-9H2,1-4H3,(H,14,16). The summed E-state index contributed by atoms with van der Waals surface area (Å²) < 4.78 is 0. The third-order valence-electron chi connectivity index (χ3n) is 2.23. The van der Waals surface area contributed by atoms with E-state index in [0.29, 0.717) is 12.0 Å². The van der Waals surface area contributed by atoms with E-state index >= 15 is 0 Å². The predicted octanol–water partition coefficient (Wildman–Crippen LogP) is 2.65. The van der Waals surface area contributed by atoms with Crippen LogP contribution in [0.2, 0.25) is 0 Å². The molecule has 0 amide bonds. The summed E-state index contributed by atoms with van der Waals surface area (Å²) in [5.74, 6) is 1.61. The van der Waals surface area contributed by atoms with E-state index in [4.69, 9.17) is 0 Å². The molecule has 0 saturated carbocycles. The Morgan fingerprint density at radius 1 is 1.25 bits per heavy atom. The number of rotatable bonds is 6. The maximum absolute atomic E-state index is 4.30. The Morgan fingerprint density at radius 2 is 2.00 bits per heavy atom. The lowest BCUT2D eigenvalue weighted by Gasteiger charge is -2.11. The molecule has 0 saturated heterocycles. The van der Waals surface area contributed by atoms with Gasteiger partial charge < -0.3 is 10.6 Å². The van der Waals surface area contributed by atoms with Crippen molar-refractivity contribution < 1.29 is 0 Å². The van der Waals surface area contributed by atoms with Gasteiger partial charge in [0.15, 0.2) is 0 Å². The Balaban J connectivity index is 2.50. The van der Waals surface area contributed by atoms with Crippen molar-refractivity contribution in [2.45, 2.75) is 40.3 Å². The summed E-state index contributed by atoms with van der Waals surface area (Å²) >= 11 is 0. The fourth-order valence-corrected chi connectivity index (χ4v) is 1.31. The van der Waals surface area contributed by atoms with Gasteiger partial charge in [-0.1, -0.05) is 27.7 Å². The predicted molar refractivity (Wildman–Crippen MR) is 69.5 cm³/mol. The minimum atomic E-state index is 0.514. The molecule has 0 unspecified atom stereocenters. The van der Waals surface area contributed by atoms with E-state index in [-0.39, 0.29) is 0 Å². The topological polar surface area (TPSA) is 37.0 Å². The Bertz CT molecular complexity index is 281. The van der Waals surface area contributed by atoms with E-state index in [9.17, 15) is 0 Å². The highest BCUT2D eigenvalue weighted by Gasteiger charge is 1.99. The summed E-state index contributed by atoms with van der Waals surface area (Å²) in [6, 6.07) is 4.67. The summed E-state index contributed by atoms with van der Waals surface area (Å²) in [6.45, 7) is 10.6. The zero-order valence-corrected chi connectivity index (χ0v) is 10.7. The van der Waals surface area contributed by atoms with Crippen LogP contribution in [0.1, 0.15) is 33.3 Å². The molecular weight excluding hydrogens is 198 g/mol. The highest BCUT2D eigenvalue weighted by atomic mass is 15.0. The average molecular weight is 221 g/mol. The Hall–Kier alpha value is -1.09. The molecule has 90 valence electrons. The Labute approximate surface area is 98.7 Å². The van der Waals surface area contributed by atoms with Crippen LogP contribution in [0.5, 0.6) is 0 Å². The van der Waals surface area contributed by atoms with Gasteiger partial charge in [-0.05, 0) is 23.6 Å². The van der Waals surface area contributed by atoms with Crippen molar-refractivity contribution in [3.8, 4) is 0 Å². The van der Waals surface area contributed by atoms with E-state index in [0.717, 1.165) is 18.9 Å². The van der Waals surface area contributed by atoms with Crippen LogP contribution in [0.15, 0.2) is 18.3 Å². The molecule has 0 atom stereocenters. The second-order valence-corrected chi connectivity index (χ2v) is 4.86. The van der Waals surface area contributed by atoms with Crippen molar-refractivity contribution in [3.05, 3.63) is 23.9 Å². The second kappa shape index (κ2) is 6.48. The van der Waals surface area contributed by atoms with E-state index in [1.807, 2.05) is 6.20 Å². The molecule has 0 bridgehead atoms. The zero-order valence-electron chi connectivity index (χ0n) is 10.7. The fourth-order valence-electron chi connectivity index (χ4n) is 1.31. The van der Waals surface area contributed by atoms with Crippen molar-refractivity contribution in [1.29, 1.82) is 0 Å². The minimum Gasteiger partial charge on any atom is -0.370 e. The first-order valence-electron chi connectivity index (χ1n) is 6.00. The first kappa shape index (κ1) is 13.0. The molecule has 1 heterocycles. The molecule has 0 aromatic carbocycles. The number of nitrogens with zero attached hydrogens (tertiary/aromatic N) is 1. The average Bonchev–Trinajstić information content (AvgIpc) is 2.24. The quantitative estimate of drug-likeness (QED) is 0.775. The maximum atomic E-state index is 4.30. The first-order valence-corrected chi connectivity index (χ1v) is 6.00. The van der Waals surface area contributed by atoms with Gasteiger partial charge in [0.1, 0.15) is 5.82 Å². The molecule has 1 aromatic rings. The third kappa shape index (κ3) is 5.12. The minimum absolute atomic E-state index is 0.514. The normalized spacial score (nSPS) is 11.1. The Kier molecular flexibility index (Phi) is 5.26. The molecule has 2 N–H and O–H groups in total. The van der Waals surface area contributed by atoms with Crippen molar-refractivity contribution in [2.75, 3.05) is 11.9 Å². The van der Waals surface area contributed by atoms with Gasteiger partial charge in [-0.25, -0.2) is 4.98 Å². The fraction of sp³-hybridized carbons (Fsp3) is 0.615. The van der Waals surface area contributed by atoms with Gasteiger partial charge in [0.2, 0.25) is 0 Å². The number of aromatic nitrogens is 1. The van der Waals surface area contributed by atoms with E-state index in [1.165, 1.54) is 5.56 Å². The second-order valence-electron chi connectivity index (χ2n) is 4.86. The highest BCUT2D eigenvalue weighted by molar-refractivity contribution is 5.37. The SMILES string of the molecule is CC(C)CNc1cc(CNC(C)C)ccn1. The van der Waals surface area contributed by atoms with Gasteiger partial charge in [-0.15, -0.1) is 0 Å². The van der Waals surface area contributed by atoms with Crippen molar-refractivity contribution >= 4 is 5.82 Å². The molecule has 0 aliphatic heterocycles. The molecule has 0 radical (unpaired) electrons. The summed E-state index contributed by atoms with van der Waals surface area (Å²) in [6.07, 6.45) is 1.86. The summed E-state index contributed by atoms with van der Waals surface area (Å²) in [7, 11) is 0. The van der Waals surface area contributed by atoms with E-state index < -0.39 is 0 Å². The van der Waals surface area contributed by atoms with Crippen LogP contribution in [-0.4, -0.2) is 17.6 Å². The molecule has 0 spiro atoms. The summed E-state index contributed by atoms with van der Waals surface area (Å²) in [5.41, 5.74) is 1.27. The van der Waals surface area contributed by atoms with E-state index in [2.05, 4.69) is 55.4 Å². The zero-order chi connectivity index (χ0) is 12.0. The van der Waals surface area contributed by atoms with Crippen LogP contribution >= 0.6 is 0 Å². The summed E-state index contributed by atoms with van der Waals surface area (Å²) in [4.78, 5) is 4.30. The van der Waals surface area contributed by atoms with Crippen LogP contribution in [0.4, 0.5) is 5.82 Å². The number of hydrogen-bond acceptors (Lipinski definition) is 3. The van der Waals surface area contributed by atoms with Crippen LogP contribution in [0.3, 0.4) is 0 Å². The van der Waals surface area contributed by atoms with Gasteiger partial charge in [-0.2, -0.15) is 0 Å². The first-order chi connectivity index (χ1) is 7.58. The van der Waals surface area contributed by atoms with Crippen LogP contribution in [-0.2, 0) is 6.54 Å². The van der Waals surface area contributed by atoms with Gasteiger partial charge in [0.25, 0.3) is 0 Å². The van der Waals surface area contributed by atoms with Gasteiger partial charge in [-0.3, -0.25) is 0 Å². The molecular formula is C13H23N3. The summed E-state index contributed by atoms with van der Waals surface area (Å²) in [5, 5.41) is 6.73. The number of anilines is 1. The number of nitrogens with one attached hydrogen (secondary N) is 2. The van der Waals surface area contributed by atoms with Crippen molar-refractivity contribution in [1.82, 2.24) is 10.3 Å². The monoisotopic (exact) mass is 221 g/mol. The molecule has 0 fully saturated rings. The smallest absolute Gasteiger partial charge is 0.126 e. The lowest BCUT2D eigenvalue weighted by Crippen LogP contribution is -2.22. The molecule has 0 aliphatic carbocycles. The molecule has 1 rings (SSSR count). The van der Waals surface area contributed by atoms with Crippen LogP contribution in [0, 0.1) is 5.92 Å². The lowest BCUT2D eigenvalue weighted by molar-refractivity contribution is 0.588. The van der Waals surface area contributed by atoms with Crippen LogP contribution in [0.25, 0.3) is 0 Å². The molecule has 3 nitrogen and oxygen atoms in total. The van der Waals surface area contributed by atoms with Crippen molar-refractivity contribution in [3.63, 3.8) is 0 Å². The largest absolute Gasteiger partial charge is 0.370 e. The molecule has 16 heavy (non-hydrogen) atoms. The highest BCUT2D eigenvalue weighted by Crippen LogP contribution is 2.07. The molecule has 0 aliphatic rings. The maximum Gasteiger partial charge on any atom is 0.126 e. The molecule has 1 aromatic heterocycles. The van der Waals surface area contributed by atoms with E-state index in [1.54, 1.807) is 0 Å². The van der Waals surface area contributed by atoms with Gasteiger partial charge in [0, 0.05) is 25.3 Å². The number of hydrogen-bond donors (Lipinski definition) is 2. The Morgan fingerprint density at radius 3 is 2.62 bits per heavy atom. The lowest BCUT2D eigenvalue weighted by atomic mass is 10.2.